The third-order valence-electron chi connectivity index (χ3n) is 5.73. The summed E-state index contributed by atoms with van der Waals surface area (Å²) in [5, 5.41) is 6.07. The predicted molar refractivity (Wildman–Crippen MR) is 123 cm³/mol. The number of pyridine rings is 1. The van der Waals surface area contributed by atoms with Crippen LogP contribution < -0.4 is 21.1 Å². The van der Waals surface area contributed by atoms with Crippen LogP contribution in [0.5, 0.6) is 5.88 Å². The second kappa shape index (κ2) is 7.80. The summed E-state index contributed by atoms with van der Waals surface area (Å²) in [5.74, 6) is 1.11. The Morgan fingerprint density at radius 2 is 1.94 bits per heavy atom. The van der Waals surface area contributed by atoms with Crippen molar-refractivity contribution in [2.45, 2.75) is 19.4 Å². The summed E-state index contributed by atoms with van der Waals surface area (Å²) in [5.41, 5.74) is 12.6. The number of carbonyl (C=O) groups excluding carboxylic acids is 1. The number of methoxy groups -OCH3 is 1. The smallest absolute Gasteiger partial charge is 0.251 e. The summed E-state index contributed by atoms with van der Waals surface area (Å²) in [6.07, 6.45) is 10.3. The van der Waals surface area contributed by atoms with E-state index in [0.29, 0.717) is 17.3 Å². The number of nitrogens with one attached hydrogen (secondary N) is 2. The maximum Gasteiger partial charge on any atom is 0.251 e. The van der Waals surface area contributed by atoms with Gasteiger partial charge in [0.05, 0.1) is 12.6 Å². The number of aromatic nitrogens is 1. The van der Waals surface area contributed by atoms with Gasteiger partial charge in [-0.15, -0.1) is 0 Å². The second-order valence-electron chi connectivity index (χ2n) is 7.89. The van der Waals surface area contributed by atoms with Crippen molar-refractivity contribution in [3.8, 4) is 5.88 Å². The van der Waals surface area contributed by atoms with Gasteiger partial charge in [-0.25, -0.2) is 4.98 Å². The number of ether oxygens (including phenoxy) is 1. The van der Waals surface area contributed by atoms with Gasteiger partial charge in [0.15, 0.2) is 0 Å². The van der Waals surface area contributed by atoms with Gasteiger partial charge < -0.3 is 21.1 Å². The van der Waals surface area contributed by atoms with Gasteiger partial charge in [0.2, 0.25) is 5.88 Å². The second-order valence-corrected chi connectivity index (χ2v) is 7.89. The average molecular weight is 415 g/mol. The van der Waals surface area contributed by atoms with E-state index in [2.05, 4.69) is 52.9 Å². The highest BCUT2D eigenvalue weighted by Crippen LogP contribution is 2.37. The molecule has 158 valence electrons. The number of aryl methyl sites for hydroxylation is 1. The van der Waals surface area contributed by atoms with Crippen molar-refractivity contribution in [2.75, 3.05) is 14.2 Å². The van der Waals surface area contributed by atoms with Crippen LogP contribution in [-0.4, -0.2) is 30.6 Å². The van der Waals surface area contributed by atoms with Crippen LogP contribution in [0.25, 0.3) is 11.1 Å². The third-order valence-corrected chi connectivity index (χ3v) is 5.73. The number of hydrogen-bond acceptors (Lipinski definition) is 5. The lowest BCUT2D eigenvalue weighted by atomic mass is 9.80. The van der Waals surface area contributed by atoms with Crippen molar-refractivity contribution < 1.29 is 9.53 Å². The SMILES string of the molecule is CNC(=O)c1ccc(C2=C(N)NC3(C)C=CC(c4cnc(OC)c(C)c4)=CC3=C2)cc1. The number of rotatable bonds is 4. The Labute approximate surface area is 182 Å². The van der Waals surface area contributed by atoms with Crippen LogP contribution in [0, 0.1) is 6.92 Å². The van der Waals surface area contributed by atoms with Gasteiger partial charge in [0.25, 0.3) is 5.91 Å². The van der Waals surface area contributed by atoms with Gasteiger partial charge >= 0.3 is 0 Å². The van der Waals surface area contributed by atoms with E-state index in [1.54, 1.807) is 26.3 Å². The molecule has 0 saturated carbocycles. The van der Waals surface area contributed by atoms with Crippen LogP contribution in [0.2, 0.25) is 0 Å². The third kappa shape index (κ3) is 3.72. The van der Waals surface area contributed by atoms with E-state index in [1.165, 1.54) is 0 Å². The van der Waals surface area contributed by atoms with Gasteiger partial charge in [-0.05, 0) is 60.9 Å². The quantitative estimate of drug-likeness (QED) is 0.714. The number of nitrogens with zero attached hydrogens (tertiary/aromatic N) is 1. The molecule has 1 aromatic heterocycles. The fraction of sp³-hybridized carbons (Fsp3) is 0.200. The first-order valence-corrected chi connectivity index (χ1v) is 10.1. The lowest BCUT2D eigenvalue weighted by Gasteiger charge is -2.37. The van der Waals surface area contributed by atoms with Crippen molar-refractivity contribution in [2.24, 2.45) is 5.73 Å². The van der Waals surface area contributed by atoms with E-state index in [4.69, 9.17) is 10.5 Å². The number of fused-ring (bicyclic) bond motifs is 1. The molecule has 0 saturated heterocycles. The monoisotopic (exact) mass is 414 g/mol. The van der Waals surface area contributed by atoms with E-state index in [0.717, 1.165) is 33.4 Å². The molecule has 0 radical (unpaired) electrons. The first-order chi connectivity index (χ1) is 14.8. The molecule has 4 N–H and O–H groups in total. The Balaban J connectivity index is 1.71. The van der Waals surface area contributed by atoms with Crippen LogP contribution in [0.1, 0.15) is 34.0 Å². The Hall–Kier alpha value is -3.80. The van der Waals surface area contributed by atoms with Gasteiger partial charge in [-0.1, -0.05) is 24.3 Å². The number of benzene rings is 1. The molecular formula is C25H26N4O2. The molecule has 1 atom stereocenters. The molecular weight excluding hydrogens is 388 g/mol. The minimum Gasteiger partial charge on any atom is -0.481 e. The molecule has 0 bridgehead atoms. The highest BCUT2D eigenvalue weighted by molar-refractivity contribution is 5.94. The number of allylic oxidation sites excluding steroid dienone is 4. The number of hydrogen-bond donors (Lipinski definition) is 3. The summed E-state index contributed by atoms with van der Waals surface area (Å²) in [7, 11) is 3.24. The molecule has 6 nitrogen and oxygen atoms in total. The number of carbonyl (C=O) groups is 1. The Morgan fingerprint density at radius 1 is 1.19 bits per heavy atom. The Kier molecular flexibility index (Phi) is 5.15. The molecule has 0 fully saturated rings. The molecule has 1 aliphatic heterocycles. The minimum atomic E-state index is -0.395. The summed E-state index contributed by atoms with van der Waals surface area (Å²) < 4.78 is 5.28. The van der Waals surface area contributed by atoms with E-state index in [1.807, 2.05) is 25.3 Å². The molecule has 1 unspecified atom stereocenters. The van der Waals surface area contributed by atoms with Crippen LogP contribution in [-0.2, 0) is 0 Å². The van der Waals surface area contributed by atoms with Crippen molar-refractivity contribution in [1.82, 2.24) is 15.6 Å². The van der Waals surface area contributed by atoms with Gasteiger partial charge in [0.1, 0.15) is 5.82 Å². The molecule has 2 aliphatic rings. The lowest BCUT2D eigenvalue weighted by Crippen LogP contribution is -2.46. The molecule has 1 amide bonds. The number of nitrogens with two attached hydrogens (primary N) is 1. The minimum absolute atomic E-state index is 0.116. The fourth-order valence-electron chi connectivity index (χ4n) is 3.90. The first-order valence-electron chi connectivity index (χ1n) is 10.1. The molecule has 2 heterocycles. The number of amides is 1. The van der Waals surface area contributed by atoms with E-state index in [-0.39, 0.29) is 5.91 Å². The predicted octanol–water partition coefficient (Wildman–Crippen LogP) is 3.33. The summed E-state index contributed by atoms with van der Waals surface area (Å²) in [4.78, 5) is 16.2. The molecule has 31 heavy (non-hydrogen) atoms. The molecule has 6 heteroatoms. The lowest BCUT2D eigenvalue weighted by molar-refractivity contribution is 0.0963. The van der Waals surface area contributed by atoms with Gasteiger partial charge in [-0.3, -0.25) is 4.79 Å². The van der Waals surface area contributed by atoms with Crippen molar-refractivity contribution >= 4 is 17.1 Å². The number of dihydropyridines is 1. The first kappa shape index (κ1) is 20.5. The molecule has 1 aromatic carbocycles. The zero-order valence-corrected chi connectivity index (χ0v) is 18.1. The van der Waals surface area contributed by atoms with E-state index >= 15 is 0 Å². The zero-order valence-electron chi connectivity index (χ0n) is 18.1. The standard InChI is InChI=1S/C25H26N4O2/c1-15-11-19(14-28-24(15)31-4)18-9-10-25(2)20(12-18)13-21(22(26)29-25)16-5-7-17(8-6-16)23(30)27-3/h5-14,29H,26H2,1-4H3,(H,27,30). The topological polar surface area (TPSA) is 89.3 Å². The average Bonchev–Trinajstić information content (AvgIpc) is 2.77. The molecule has 0 spiro atoms. The maximum atomic E-state index is 11.8. The molecule has 1 aliphatic carbocycles. The molecule has 2 aromatic rings. The van der Waals surface area contributed by atoms with Crippen LogP contribution in [0.15, 0.2) is 72.2 Å². The van der Waals surface area contributed by atoms with Crippen molar-refractivity contribution in [3.63, 3.8) is 0 Å². The highest BCUT2D eigenvalue weighted by atomic mass is 16.5. The highest BCUT2D eigenvalue weighted by Gasteiger charge is 2.32. The van der Waals surface area contributed by atoms with Gasteiger partial charge in [0, 0.05) is 35.5 Å². The summed E-state index contributed by atoms with van der Waals surface area (Å²) >= 11 is 0. The Bertz CT molecular complexity index is 1170. The Morgan fingerprint density at radius 3 is 2.58 bits per heavy atom. The van der Waals surface area contributed by atoms with E-state index < -0.39 is 5.54 Å². The largest absolute Gasteiger partial charge is 0.481 e. The maximum absolute atomic E-state index is 11.8. The molecule has 4 rings (SSSR count). The summed E-state index contributed by atoms with van der Waals surface area (Å²) in [6, 6.07) is 9.50. The van der Waals surface area contributed by atoms with Crippen molar-refractivity contribution in [3.05, 3.63) is 94.5 Å². The normalized spacial score (nSPS) is 19.7. The summed E-state index contributed by atoms with van der Waals surface area (Å²) in [6.45, 7) is 4.08. The fourth-order valence-corrected chi connectivity index (χ4v) is 3.90. The van der Waals surface area contributed by atoms with Crippen LogP contribution >= 0.6 is 0 Å². The van der Waals surface area contributed by atoms with Gasteiger partial charge in [-0.2, -0.15) is 0 Å². The van der Waals surface area contributed by atoms with Crippen molar-refractivity contribution in [1.29, 1.82) is 0 Å². The van der Waals surface area contributed by atoms with E-state index in [9.17, 15) is 4.79 Å². The zero-order chi connectivity index (χ0) is 22.2. The van der Waals surface area contributed by atoms with Crippen LogP contribution in [0.4, 0.5) is 0 Å². The van der Waals surface area contributed by atoms with Crippen LogP contribution in [0.3, 0.4) is 0 Å².